The van der Waals surface area contributed by atoms with Crippen LogP contribution in [0.1, 0.15) is 23.7 Å². The molecule has 0 saturated heterocycles. The number of para-hydroxylation sites is 1. The van der Waals surface area contributed by atoms with E-state index in [-0.39, 0.29) is 11.5 Å². The van der Waals surface area contributed by atoms with Crippen molar-refractivity contribution in [3.05, 3.63) is 100 Å². The van der Waals surface area contributed by atoms with Gasteiger partial charge in [0.1, 0.15) is 11.4 Å². The molecule has 0 radical (unpaired) electrons. The van der Waals surface area contributed by atoms with E-state index in [1.54, 1.807) is 23.6 Å². The minimum Gasteiger partial charge on any atom is -0.481 e. The Labute approximate surface area is 196 Å². The third kappa shape index (κ3) is 5.43. The molecule has 0 bridgehead atoms. The molecule has 2 heterocycles. The molecule has 0 unspecified atom stereocenters. The summed E-state index contributed by atoms with van der Waals surface area (Å²) < 4.78 is 7.35. The lowest BCUT2D eigenvalue weighted by Gasteiger charge is -2.16. The molecule has 2 aromatic carbocycles. The number of amides is 1. The highest BCUT2D eigenvalue weighted by Crippen LogP contribution is 2.29. The van der Waals surface area contributed by atoms with E-state index in [0.29, 0.717) is 28.5 Å². The highest BCUT2D eigenvalue weighted by atomic mass is 32.2. The van der Waals surface area contributed by atoms with E-state index < -0.39 is 6.10 Å². The van der Waals surface area contributed by atoms with Gasteiger partial charge in [-0.25, -0.2) is 4.98 Å². The second kappa shape index (κ2) is 9.92. The molecule has 1 atom stereocenters. The summed E-state index contributed by atoms with van der Waals surface area (Å²) in [5.41, 5.74) is 3.94. The highest BCUT2D eigenvalue weighted by molar-refractivity contribution is 7.98. The molecular formula is C26H25N3O3S. The van der Waals surface area contributed by atoms with E-state index in [0.717, 1.165) is 16.0 Å². The first-order valence-corrected chi connectivity index (χ1v) is 11.6. The molecule has 1 amide bonds. The normalized spacial score (nSPS) is 11.8. The number of benzene rings is 2. The van der Waals surface area contributed by atoms with E-state index in [1.807, 2.05) is 74.5 Å². The smallest absolute Gasteiger partial charge is 0.265 e. The summed E-state index contributed by atoms with van der Waals surface area (Å²) in [6.45, 7) is 5.64. The molecule has 168 valence electrons. The number of fused-ring (bicyclic) bond motifs is 1. The fourth-order valence-corrected chi connectivity index (χ4v) is 4.31. The topological polar surface area (TPSA) is 72.7 Å². The zero-order valence-electron chi connectivity index (χ0n) is 18.7. The van der Waals surface area contributed by atoms with E-state index >= 15 is 0 Å². The Hall–Kier alpha value is -3.58. The van der Waals surface area contributed by atoms with Gasteiger partial charge in [-0.05, 0) is 62.2 Å². The fraction of sp³-hybridized carbons (Fsp3) is 0.192. The van der Waals surface area contributed by atoms with Crippen LogP contribution >= 0.6 is 11.8 Å². The number of nitrogens with zero attached hydrogens (tertiary/aromatic N) is 2. The summed E-state index contributed by atoms with van der Waals surface area (Å²) in [5.74, 6) is 0.925. The summed E-state index contributed by atoms with van der Waals surface area (Å²) in [6.07, 6.45) is 1.06. The number of pyridine rings is 1. The number of nitrogens with one attached hydrogen (secondary N) is 1. The van der Waals surface area contributed by atoms with Crippen LogP contribution in [0.2, 0.25) is 0 Å². The summed E-state index contributed by atoms with van der Waals surface area (Å²) in [4.78, 5) is 30.8. The number of aryl methyl sites for hydroxylation is 2. The van der Waals surface area contributed by atoms with Crippen LogP contribution in [-0.4, -0.2) is 21.4 Å². The van der Waals surface area contributed by atoms with Crippen LogP contribution in [0, 0.1) is 13.8 Å². The monoisotopic (exact) mass is 459 g/mol. The predicted octanol–water partition coefficient (Wildman–Crippen LogP) is 5.01. The number of aromatic nitrogens is 2. The Morgan fingerprint density at radius 3 is 2.73 bits per heavy atom. The van der Waals surface area contributed by atoms with Crippen LogP contribution in [0.3, 0.4) is 0 Å². The van der Waals surface area contributed by atoms with Crippen molar-refractivity contribution in [2.24, 2.45) is 0 Å². The van der Waals surface area contributed by atoms with E-state index in [4.69, 9.17) is 4.74 Å². The van der Waals surface area contributed by atoms with Gasteiger partial charge in [-0.3, -0.25) is 14.0 Å². The van der Waals surface area contributed by atoms with Crippen molar-refractivity contribution < 1.29 is 9.53 Å². The van der Waals surface area contributed by atoms with Gasteiger partial charge in [0.25, 0.3) is 11.5 Å². The molecule has 33 heavy (non-hydrogen) atoms. The maximum atomic E-state index is 12.8. The molecule has 7 heteroatoms. The molecule has 4 rings (SSSR count). The zero-order valence-corrected chi connectivity index (χ0v) is 19.6. The molecule has 1 N–H and O–H groups in total. The Bertz CT molecular complexity index is 1370. The van der Waals surface area contributed by atoms with Crippen molar-refractivity contribution >= 4 is 29.0 Å². The largest absolute Gasteiger partial charge is 0.481 e. The number of hydrogen-bond donors (Lipinski definition) is 1. The van der Waals surface area contributed by atoms with Crippen LogP contribution < -0.4 is 15.6 Å². The minimum atomic E-state index is -0.657. The Kier molecular flexibility index (Phi) is 6.79. The number of carbonyl (C=O) groups excluding carboxylic acids is 1. The maximum Gasteiger partial charge on any atom is 0.265 e. The first kappa shape index (κ1) is 22.6. The van der Waals surface area contributed by atoms with Crippen molar-refractivity contribution in [2.45, 2.75) is 37.5 Å². The van der Waals surface area contributed by atoms with Gasteiger partial charge in [0.2, 0.25) is 0 Å². The minimum absolute atomic E-state index is 0.108. The van der Waals surface area contributed by atoms with Crippen molar-refractivity contribution in [3.8, 4) is 5.75 Å². The number of hydrogen-bond acceptors (Lipinski definition) is 5. The van der Waals surface area contributed by atoms with Crippen molar-refractivity contribution in [3.63, 3.8) is 0 Å². The summed E-state index contributed by atoms with van der Waals surface area (Å²) in [7, 11) is 0. The number of ether oxygens (including phenoxy) is 1. The summed E-state index contributed by atoms with van der Waals surface area (Å²) >= 11 is 1.52. The lowest BCUT2D eigenvalue weighted by atomic mass is 10.2. The average Bonchev–Trinajstić information content (AvgIpc) is 2.79. The number of carbonyl (C=O) groups is 1. The fourth-order valence-electron chi connectivity index (χ4n) is 3.41. The quantitative estimate of drug-likeness (QED) is 0.393. The SMILES string of the molecule is Cc1cccc(O[C@H](C)C(=O)Nc2ccccc2SCc2cc(=O)n3cccc(C)c3n2)c1. The van der Waals surface area contributed by atoms with Gasteiger partial charge in [0.05, 0.1) is 11.4 Å². The van der Waals surface area contributed by atoms with Gasteiger partial charge in [0.15, 0.2) is 6.10 Å². The Morgan fingerprint density at radius 1 is 1.09 bits per heavy atom. The molecular weight excluding hydrogens is 434 g/mol. The van der Waals surface area contributed by atoms with Crippen molar-refractivity contribution in [2.75, 3.05) is 5.32 Å². The van der Waals surface area contributed by atoms with Crippen molar-refractivity contribution in [1.29, 1.82) is 0 Å². The van der Waals surface area contributed by atoms with E-state index in [2.05, 4.69) is 10.3 Å². The first-order chi connectivity index (χ1) is 15.9. The number of thioether (sulfide) groups is 1. The molecule has 0 aliphatic heterocycles. The molecule has 4 aromatic rings. The lowest BCUT2D eigenvalue weighted by molar-refractivity contribution is -0.122. The van der Waals surface area contributed by atoms with Gasteiger partial charge in [-0.2, -0.15) is 0 Å². The summed E-state index contributed by atoms with van der Waals surface area (Å²) in [6, 6.07) is 20.5. The van der Waals surface area contributed by atoms with Crippen LogP contribution in [0.5, 0.6) is 5.75 Å². The number of anilines is 1. The maximum absolute atomic E-state index is 12.8. The molecule has 0 aliphatic carbocycles. The second-order valence-corrected chi connectivity index (χ2v) is 8.84. The summed E-state index contributed by atoms with van der Waals surface area (Å²) in [5, 5.41) is 2.96. The number of rotatable bonds is 7. The van der Waals surface area contributed by atoms with Gasteiger partial charge in [0, 0.05) is 22.9 Å². The van der Waals surface area contributed by atoms with Gasteiger partial charge in [-0.1, -0.05) is 30.3 Å². The average molecular weight is 460 g/mol. The van der Waals surface area contributed by atoms with Crippen LogP contribution in [0.25, 0.3) is 5.65 Å². The van der Waals surface area contributed by atoms with E-state index in [1.165, 1.54) is 11.8 Å². The van der Waals surface area contributed by atoms with Crippen LogP contribution in [0.15, 0.2) is 82.6 Å². The molecule has 0 saturated carbocycles. The molecule has 6 nitrogen and oxygen atoms in total. The van der Waals surface area contributed by atoms with Gasteiger partial charge in [-0.15, -0.1) is 11.8 Å². The first-order valence-electron chi connectivity index (χ1n) is 10.6. The van der Waals surface area contributed by atoms with Gasteiger partial charge < -0.3 is 10.1 Å². The van der Waals surface area contributed by atoms with Crippen molar-refractivity contribution in [1.82, 2.24) is 9.38 Å². The Morgan fingerprint density at radius 2 is 1.91 bits per heavy atom. The highest BCUT2D eigenvalue weighted by Gasteiger charge is 2.17. The molecule has 0 fully saturated rings. The zero-order chi connectivity index (χ0) is 23.4. The molecule has 2 aromatic heterocycles. The second-order valence-electron chi connectivity index (χ2n) is 7.82. The van der Waals surface area contributed by atoms with E-state index in [9.17, 15) is 9.59 Å². The van der Waals surface area contributed by atoms with Gasteiger partial charge >= 0.3 is 0 Å². The standard InChI is InChI=1S/C26H25N3O3S/c1-17-8-6-10-21(14-17)32-19(3)26(31)28-22-11-4-5-12-23(22)33-16-20-15-24(30)29-13-7-9-18(2)25(29)27-20/h4-15,19H,16H2,1-3H3,(H,28,31)/t19-/m1/s1. The van der Waals surface area contributed by atoms with Crippen LogP contribution in [-0.2, 0) is 10.5 Å². The predicted molar refractivity (Wildman–Crippen MR) is 132 cm³/mol. The Balaban J connectivity index is 1.46. The lowest BCUT2D eigenvalue weighted by Crippen LogP contribution is -2.30. The van der Waals surface area contributed by atoms with Crippen LogP contribution in [0.4, 0.5) is 5.69 Å². The molecule has 0 spiro atoms. The third-order valence-corrected chi connectivity index (χ3v) is 6.24. The third-order valence-electron chi connectivity index (χ3n) is 5.13. The molecule has 0 aliphatic rings.